The minimum atomic E-state index is -4.54. The number of hydrogen-bond acceptors (Lipinski definition) is 7. The maximum Gasteiger partial charge on any atom is 0.416 e. The molecule has 5 heterocycles. The second kappa shape index (κ2) is 10.5. The molecule has 0 atom stereocenters. The zero-order valence-corrected chi connectivity index (χ0v) is 22.6. The molecule has 5 aliphatic rings. The minimum absolute atomic E-state index is 0.115. The third-order valence-electron chi connectivity index (χ3n) is 8.01. The Labute approximate surface area is 233 Å². The normalized spacial score (nSPS) is 20.6. The van der Waals surface area contributed by atoms with Gasteiger partial charge in [0, 0.05) is 47.0 Å². The summed E-state index contributed by atoms with van der Waals surface area (Å²) in [5, 5.41) is 6.71. The number of thiophene rings is 1. The number of rotatable bonds is 3. The molecule has 2 saturated heterocycles. The SMILES string of the molecule is C1CNC2(C1)CCC2.O=C1CCC(=O)N1Cc1cc2c(s1)C(c1cc(C(F)(F)F)cc3c1NCCO3)=CC=C=N2. The van der Waals surface area contributed by atoms with Gasteiger partial charge in [-0.05, 0) is 68.8 Å². The lowest BCUT2D eigenvalue weighted by Gasteiger charge is -2.38. The van der Waals surface area contributed by atoms with Crippen molar-refractivity contribution < 1.29 is 27.5 Å². The molecule has 1 aromatic heterocycles. The summed E-state index contributed by atoms with van der Waals surface area (Å²) in [5.41, 5.74) is 1.73. The Morgan fingerprint density at radius 1 is 1.07 bits per heavy atom. The van der Waals surface area contributed by atoms with Crippen molar-refractivity contribution in [3.8, 4) is 5.75 Å². The average Bonchev–Trinajstić information content (AvgIpc) is 3.61. The molecule has 40 heavy (non-hydrogen) atoms. The summed E-state index contributed by atoms with van der Waals surface area (Å²) < 4.78 is 46.3. The first-order chi connectivity index (χ1) is 19.2. The van der Waals surface area contributed by atoms with Crippen LogP contribution in [0, 0.1) is 0 Å². The largest absolute Gasteiger partial charge is 0.490 e. The highest BCUT2D eigenvalue weighted by molar-refractivity contribution is 7.13. The van der Waals surface area contributed by atoms with E-state index in [1.54, 1.807) is 18.2 Å². The summed E-state index contributed by atoms with van der Waals surface area (Å²) >= 11 is 1.29. The second-order valence-electron chi connectivity index (χ2n) is 10.6. The molecule has 11 heteroatoms. The third-order valence-corrected chi connectivity index (χ3v) is 9.15. The van der Waals surface area contributed by atoms with E-state index in [2.05, 4.69) is 21.5 Å². The number of fused-ring (bicyclic) bond motifs is 2. The molecule has 210 valence electrons. The van der Waals surface area contributed by atoms with E-state index in [1.165, 1.54) is 54.9 Å². The Bertz CT molecular complexity index is 1430. The zero-order valence-electron chi connectivity index (χ0n) is 21.8. The Balaban J connectivity index is 0.000000307. The highest BCUT2D eigenvalue weighted by Gasteiger charge is 2.38. The first-order valence-corrected chi connectivity index (χ1v) is 14.4. The van der Waals surface area contributed by atoms with E-state index in [4.69, 9.17) is 4.74 Å². The molecular formula is C29H29F3N4O3S. The van der Waals surface area contributed by atoms with E-state index in [9.17, 15) is 22.8 Å². The fourth-order valence-electron chi connectivity index (χ4n) is 5.78. The van der Waals surface area contributed by atoms with Crippen LogP contribution in [0.2, 0.25) is 0 Å². The highest BCUT2D eigenvalue weighted by Crippen LogP contribution is 2.47. The maximum absolute atomic E-state index is 13.6. The highest BCUT2D eigenvalue weighted by atomic mass is 32.1. The van der Waals surface area contributed by atoms with E-state index in [0.29, 0.717) is 44.3 Å². The molecule has 3 fully saturated rings. The molecule has 2 N–H and O–H groups in total. The number of amides is 2. The van der Waals surface area contributed by atoms with E-state index < -0.39 is 11.7 Å². The van der Waals surface area contributed by atoms with Crippen molar-refractivity contribution in [3.05, 3.63) is 51.2 Å². The predicted molar refractivity (Wildman–Crippen MR) is 147 cm³/mol. The van der Waals surface area contributed by atoms with Crippen LogP contribution in [0.3, 0.4) is 0 Å². The van der Waals surface area contributed by atoms with E-state index in [0.717, 1.165) is 12.1 Å². The number of allylic oxidation sites excluding steroid dienone is 2. The van der Waals surface area contributed by atoms with Crippen molar-refractivity contribution in [2.45, 2.75) is 63.2 Å². The minimum Gasteiger partial charge on any atom is -0.490 e. The average molecular weight is 571 g/mol. The van der Waals surface area contributed by atoms with Crippen molar-refractivity contribution in [3.63, 3.8) is 0 Å². The van der Waals surface area contributed by atoms with Crippen LogP contribution in [0.15, 0.2) is 35.3 Å². The number of benzene rings is 1. The number of ether oxygens (including phenoxy) is 1. The number of anilines is 1. The van der Waals surface area contributed by atoms with Crippen LogP contribution in [0.5, 0.6) is 5.75 Å². The quantitative estimate of drug-likeness (QED) is 0.455. The first kappa shape index (κ1) is 26.8. The van der Waals surface area contributed by atoms with Gasteiger partial charge >= 0.3 is 6.18 Å². The van der Waals surface area contributed by atoms with Gasteiger partial charge in [0.15, 0.2) is 0 Å². The molecular weight excluding hydrogens is 541 g/mol. The smallest absolute Gasteiger partial charge is 0.416 e. The van der Waals surface area contributed by atoms with E-state index in [-0.39, 0.29) is 43.6 Å². The maximum atomic E-state index is 13.6. The molecule has 1 aromatic carbocycles. The first-order valence-electron chi connectivity index (χ1n) is 13.6. The number of carbonyl (C=O) groups is 2. The van der Waals surface area contributed by atoms with Gasteiger partial charge in [-0.25, -0.2) is 4.99 Å². The van der Waals surface area contributed by atoms with Crippen molar-refractivity contribution in [2.75, 3.05) is 25.0 Å². The molecule has 2 amide bonds. The number of aliphatic imine (C=N–C) groups is 1. The van der Waals surface area contributed by atoms with Gasteiger partial charge in [0.2, 0.25) is 11.8 Å². The van der Waals surface area contributed by atoms with Crippen LogP contribution >= 0.6 is 11.3 Å². The van der Waals surface area contributed by atoms with Crippen LogP contribution in [0.25, 0.3) is 5.57 Å². The number of nitrogens with zero attached hydrogens (tertiary/aromatic N) is 2. The Morgan fingerprint density at radius 3 is 2.50 bits per heavy atom. The van der Waals surface area contributed by atoms with Gasteiger partial charge in [0.1, 0.15) is 12.4 Å². The molecule has 1 spiro atoms. The molecule has 7 rings (SSSR count). The molecule has 0 bridgehead atoms. The second-order valence-corrected chi connectivity index (χ2v) is 11.8. The van der Waals surface area contributed by atoms with E-state index in [1.807, 2.05) is 0 Å². The van der Waals surface area contributed by atoms with Crippen LogP contribution in [-0.2, 0) is 22.3 Å². The lowest BCUT2D eigenvalue weighted by Crippen LogP contribution is -2.45. The van der Waals surface area contributed by atoms with Crippen LogP contribution in [0.1, 0.15) is 65.8 Å². The molecule has 1 aliphatic carbocycles. The summed E-state index contributed by atoms with van der Waals surface area (Å²) in [6, 6.07) is 3.84. The predicted octanol–water partition coefficient (Wildman–Crippen LogP) is 5.82. The summed E-state index contributed by atoms with van der Waals surface area (Å²) in [5.74, 6) is 2.44. The Kier molecular flexibility index (Phi) is 7.06. The van der Waals surface area contributed by atoms with Crippen molar-refractivity contribution >= 4 is 46.0 Å². The molecule has 2 aromatic rings. The van der Waals surface area contributed by atoms with Crippen LogP contribution in [-0.4, -0.2) is 47.8 Å². The number of halogens is 3. The van der Waals surface area contributed by atoms with Gasteiger partial charge in [0.25, 0.3) is 0 Å². The Morgan fingerprint density at radius 2 is 1.85 bits per heavy atom. The zero-order chi connectivity index (χ0) is 27.9. The topological polar surface area (TPSA) is 83.0 Å². The number of alkyl halides is 3. The van der Waals surface area contributed by atoms with Crippen molar-refractivity contribution in [1.82, 2.24) is 10.2 Å². The number of nitrogens with one attached hydrogen (secondary N) is 2. The molecule has 7 nitrogen and oxygen atoms in total. The van der Waals surface area contributed by atoms with Gasteiger partial charge in [-0.1, -0.05) is 0 Å². The number of likely N-dealkylation sites (tertiary alicyclic amines) is 1. The molecule has 4 aliphatic heterocycles. The van der Waals surface area contributed by atoms with Gasteiger partial charge in [0.05, 0.1) is 28.4 Å². The lowest BCUT2D eigenvalue weighted by molar-refractivity contribution is -0.139. The molecule has 1 saturated carbocycles. The number of hydrogen-bond donors (Lipinski definition) is 2. The van der Waals surface area contributed by atoms with Gasteiger partial charge in [-0.3, -0.25) is 14.5 Å². The van der Waals surface area contributed by atoms with Crippen LogP contribution in [0.4, 0.5) is 24.5 Å². The van der Waals surface area contributed by atoms with Gasteiger partial charge < -0.3 is 15.4 Å². The van der Waals surface area contributed by atoms with Crippen LogP contribution < -0.4 is 15.4 Å². The van der Waals surface area contributed by atoms with Gasteiger partial charge in [-0.15, -0.1) is 11.3 Å². The fourth-order valence-corrected chi connectivity index (χ4v) is 6.90. The summed E-state index contributed by atoms with van der Waals surface area (Å²) in [4.78, 5) is 30.8. The van der Waals surface area contributed by atoms with Crippen molar-refractivity contribution in [1.29, 1.82) is 0 Å². The molecule has 0 radical (unpaired) electrons. The van der Waals surface area contributed by atoms with Crippen molar-refractivity contribution in [2.24, 2.45) is 4.99 Å². The van der Waals surface area contributed by atoms with E-state index >= 15 is 0 Å². The Hall–Kier alpha value is -3.40. The molecule has 0 unspecified atom stereocenters. The monoisotopic (exact) mass is 570 g/mol. The number of carbonyl (C=O) groups excluding carboxylic acids is 2. The third kappa shape index (κ3) is 5.21. The fraction of sp³-hybridized carbons (Fsp3) is 0.448. The summed E-state index contributed by atoms with van der Waals surface area (Å²) in [6.45, 7) is 2.12. The standard InChI is InChI=1S/C22H16F3N3O3S.C7H13N/c23-22(24,25)12-8-15(20-17(9-12)31-7-6-27-20)14-2-1-5-26-16-10-13(32-21(14)16)11-28-18(29)3-4-19(28)30;1-3-7(4-1)5-2-6-8-7/h1-2,8-10,27H,3-4,6-7,11H2;8H,1-6H2. The summed E-state index contributed by atoms with van der Waals surface area (Å²) in [6.07, 6.45) is 6.29. The number of imide groups is 1. The van der Waals surface area contributed by atoms with Gasteiger partial charge in [-0.2, -0.15) is 13.2 Å². The lowest BCUT2D eigenvalue weighted by atomic mass is 9.76. The summed E-state index contributed by atoms with van der Waals surface area (Å²) in [7, 11) is 0.